The van der Waals surface area contributed by atoms with Crippen molar-refractivity contribution in [2.75, 3.05) is 4.90 Å². The van der Waals surface area contributed by atoms with Gasteiger partial charge in [-0.1, -0.05) is 6.07 Å². The van der Waals surface area contributed by atoms with Crippen LogP contribution in [0.5, 0.6) is 0 Å². The normalized spacial score (nSPS) is 16.8. The van der Waals surface area contributed by atoms with Gasteiger partial charge >= 0.3 is 12.2 Å². The molecule has 3 amide bonds. The van der Waals surface area contributed by atoms with Gasteiger partial charge in [0.2, 0.25) is 5.91 Å². The van der Waals surface area contributed by atoms with Gasteiger partial charge in [-0.05, 0) is 35.2 Å². The van der Waals surface area contributed by atoms with Crippen LogP contribution in [0.2, 0.25) is 0 Å². The Labute approximate surface area is 143 Å². The maximum Gasteiger partial charge on any atom is 0.416 e. The van der Waals surface area contributed by atoms with Crippen LogP contribution in [0.4, 0.5) is 23.7 Å². The van der Waals surface area contributed by atoms with Gasteiger partial charge in [-0.2, -0.15) is 13.2 Å². The van der Waals surface area contributed by atoms with Crippen molar-refractivity contribution in [1.82, 2.24) is 0 Å². The van der Waals surface area contributed by atoms with Crippen LogP contribution in [-0.2, 0) is 22.2 Å². The van der Waals surface area contributed by atoms with Crippen LogP contribution in [0.25, 0.3) is 0 Å². The summed E-state index contributed by atoms with van der Waals surface area (Å²) in [4.78, 5) is 37.8. The number of carbonyl (C=O) groups excluding carboxylic acids is 3. The number of rotatable bonds is 3. The lowest BCUT2D eigenvalue weighted by atomic mass is 9.92. The van der Waals surface area contributed by atoms with E-state index in [4.69, 9.17) is 5.73 Å². The predicted octanol–water partition coefficient (Wildman–Crippen LogP) is 3.09. The molecule has 0 fully saturated rings. The molecule has 130 valence electrons. The second kappa shape index (κ2) is 5.99. The summed E-state index contributed by atoms with van der Waals surface area (Å²) >= 11 is 1.29. The molecule has 3 rings (SSSR count). The summed E-state index contributed by atoms with van der Waals surface area (Å²) < 4.78 is 38.9. The van der Waals surface area contributed by atoms with Gasteiger partial charge < -0.3 is 5.73 Å². The Kier molecular flexibility index (Phi) is 4.11. The van der Waals surface area contributed by atoms with Crippen molar-refractivity contribution in [1.29, 1.82) is 0 Å². The Morgan fingerprint density at radius 1 is 1.24 bits per heavy atom. The molecule has 9 heteroatoms. The minimum atomic E-state index is -4.64. The summed E-state index contributed by atoms with van der Waals surface area (Å²) in [6, 6.07) is 4.72. The van der Waals surface area contributed by atoms with E-state index in [1.165, 1.54) is 11.3 Å². The highest BCUT2D eigenvalue weighted by Crippen LogP contribution is 2.42. The zero-order valence-corrected chi connectivity index (χ0v) is 13.4. The van der Waals surface area contributed by atoms with Gasteiger partial charge in [0.15, 0.2) is 5.78 Å². The lowest BCUT2D eigenvalue weighted by Crippen LogP contribution is -2.40. The van der Waals surface area contributed by atoms with Crippen molar-refractivity contribution >= 4 is 34.7 Å². The highest BCUT2D eigenvalue weighted by molar-refractivity contribution is 7.10. The number of hydrogen-bond donors (Lipinski definition) is 1. The molecule has 1 aliphatic rings. The number of primary amides is 1. The van der Waals surface area contributed by atoms with Crippen LogP contribution in [0.3, 0.4) is 0 Å². The van der Waals surface area contributed by atoms with Crippen molar-refractivity contribution in [3.8, 4) is 0 Å². The smallest absolute Gasteiger partial charge is 0.351 e. The zero-order valence-electron chi connectivity index (χ0n) is 12.5. The van der Waals surface area contributed by atoms with Gasteiger partial charge in [-0.25, -0.2) is 9.69 Å². The van der Waals surface area contributed by atoms with Crippen LogP contribution in [0.1, 0.15) is 21.9 Å². The maximum absolute atomic E-state index is 13.0. The molecule has 5 nitrogen and oxygen atoms in total. The number of nitrogens with two attached hydrogens (primary N) is 1. The summed E-state index contributed by atoms with van der Waals surface area (Å²) in [7, 11) is 0. The molecule has 0 bridgehead atoms. The molecule has 0 saturated heterocycles. The van der Waals surface area contributed by atoms with Gasteiger partial charge in [0.25, 0.3) is 0 Å². The average molecular weight is 368 g/mol. The molecular formula is C16H11F3N2O3S. The number of fused-ring (bicyclic) bond motifs is 1. The number of halogens is 3. The molecule has 1 aromatic heterocycles. The first-order valence-electron chi connectivity index (χ1n) is 7.10. The van der Waals surface area contributed by atoms with Gasteiger partial charge in [-0.15, -0.1) is 11.3 Å². The number of Topliss-reactive ketones (excluding diaryl/α,β-unsaturated/α-hetero) is 1. The van der Waals surface area contributed by atoms with E-state index in [9.17, 15) is 27.6 Å². The van der Waals surface area contributed by atoms with Crippen LogP contribution >= 0.6 is 11.3 Å². The van der Waals surface area contributed by atoms with E-state index in [2.05, 4.69) is 0 Å². The molecule has 1 aliphatic heterocycles. The molecule has 2 aromatic rings. The first-order valence-corrected chi connectivity index (χ1v) is 7.97. The number of benzene rings is 1. The number of alkyl halides is 3. The lowest BCUT2D eigenvalue weighted by Gasteiger charge is -2.13. The third kappa shape index (κ3) is 3.02. The second-order valence-corrected chi connectivity index (χ2v) is 6.47. The van der Waals surface area contributed by atoms with Gasteiger partial charge in [-0.3, -0.25) is 9.59 Å². The average Bonchev–Trinajstić information content (AvgIpc) is 3.09. The highest BCUT2D eigenvalue weighted by atomic mass is 32.1. The van der Waals surface area contributed by atoms with Crippen LogP contribution in [0, 0.1) is 0 Å². The van der Waals surface area contributed by atoms with E-state index in [0.29, 0.717) is 9.78 Å². The summed E-state index contributed by atoms with van der Waals surface area (Å²) in [5, 5.41) is 1.74. The Balaban J connectivity index is 2.06. The molecule has 1 atom stereocenters. The molecule has 0 saturated carbocycles. The molecular weight excluding hydrogens is 357 g/mol. The summed E-state index contributed by atoms with van der Waals surface area (Å²) in [5.41, 5.74) is 3.92. The fraction of sp³-hybridized carbons (Fsp3) is 0.188. The minimum Gasteiger partial charge on any atom is -0.351 e. The third-order valence-corrected chi connectivity index (χ3v) is 4.72. The van der Waals surface area contributed by atoms with Crippen LogP contribution in [0.15, 0.2) is 35.7 Å². The Bertz CT molecular complexity index is 862. The molecule has 25 heavy (non-hydrogen) atoms. The Hall–Kier alpha value is -2.68. The largest absolute Gasteiger partial charge is 0.416 e. The van der Waals surface area contributed by atoms with Gasteiger partial charge in [0, 0.05) is 11.3 Å². The highest BCUT2D eigenvalue weighted by Gasteiger charge is 2.45. The molecule has 0 spiro atoms. The number of amides is 3. The van der Waals surface area contributed by atoms with Crippen LogP contribution < -0.4 is 10.6 Å². The number of urea groups is 1. The number of ketones is 1. The predicted molar refractivity (Wildman–Crippen MR) is 84.3 cm³/mol. The van der Waals surface area contributed by atoms with E-state index in [-0.39, 0.29) is 17.7 Å². The topological polar surface area (TPSA) is 80.5 Å². The monoisotopic (exact) mass is 368 g/mol. The number of anilines is 1. The molecule has 0 aliphatic carbocycles. The Morgan fingerprint density at radius 3 is 2.52 bits per heavy atom. The fourth-order valence-corrected chi connectivity index (χ4v) is 3.49. The number of imide groups is 1. The SMILES string of the molecule is NC(=O)N1C(=O)C(C(=O)Cc2cccs2)c2cc(C(F)(F)F)ccc21. The maximum atomic E-state index is 13.0. The molecule has 1 unspecified atom stereocenters. The number of thiophene rings is 1. The van der Waals surface area contributed by atoms with Crippen molar-refractivity contribution in [3.05, 3.63) is 51.7 Å². The molecule has 0 radical (unpaired) electrons. The van der Waals surface area contributed by atoms with Gasteiger partial charge in [0.1, 0.15) is 5.92 Å². The minimum absolute atomic E-state index is 0.0879. The first kappa shape index (κ1) is 17.2. The first-order chi connectivity index (χ1) is 11.7. The van der Waals surface area contributed by atoms with E-state index >= 15 is 0 Å². The lowest BCUT2D eigenvalue weighted by molar-refractivity contribution is -0.138. The Morgan fingerprint density at radius 2 is 1.96 bits per heavy atom. The van der Waals surface area contributed by atoms with Crippen molar-refractivity contribution in [2.24, 2.45) is 5.73 Å². The molecule has 2 heterocycles. The van der Waals surface area contributed by atoms with Crippen molar-refractivity contribution in [2.45, 2.75) is 18.5 Å². The molecule has 1 aromatic carbocycles. The molecule has 2 N–H and O–H groups in total. The van der Waals surface area contributed by atoms with Crippen LogP contribution in [-0.4, -0.2) is 17.7 Å². The zero-order chi connectivity index (χ0) is 18.4. The number of nitrogens with zero attached hydrogens (tertiary/aromatic N) is 1. The van der Waals surface area contributed by atoms with E-state index in [0.717, 1.165) is 18.2 Å². The summed E-state index contributed by atoms with van der Waals surface area (Å²) in [5.74, 6) is -2.99. The van der Waals surface area contributed by atoms with Crippen molar-refractivity contribution < 1.29 is 27.6 Å². The summed E-state index contributed by atoms with van der Waals surface area (Å²) in [6.07, 6.45) is -4.75. The quantitative estimate of drug-likeness (QED) is 0.846. The number of carbonyl (C=O) groups is 3. The third-order valence-electron chi connectivity index (χ3n) is 3.85. The van der Waals surface area contributed by atoms with Gasteiger partial charge in [0.05, 0.1) is 11.3 Å². The number of hydrogen-bond acceptors (Lipinski definition) is 4. The standard InChI is InChI=1S/C16H11F3N2O3S/c17-16(18,19)8-3-4-11-10(6-8)13(14(23)21(11)15(20)24)12(22)7-9-2-1-5-25-9/h1-6,13H,7H2,(H2,20,24). The van der Waals surface area contributed by atoms with Crippen molar-refractivity contribution in [3.63, 3.8) is 0 Å². The van der Waals surface area contributed by atoms with E-state index in [1.807, 2.05) is 0 Å². The second-order valence-electron chi connectivity index (χ2n) is 5.44. The van der Waals surface area contributed by atoms with E-state index < -0.39 is 35.4 Å². The fourth-order valence-electron chi connectivity index (χ4n) is 2.77. The summed E-state index contributed by atoms with van der Waals surface area (Å²) in [6.45, 7) is 0. The van der Waals surface area contributed by atoms with E-state index in [1.54, 1.807) is 17.5 Å².